The zero-order valence-corrected chi connectivity index (χ0v) is 30.2. The summed E-state index contributed by atoms with van der Waals surface area (Å²) in [5.74, 6) is -6.23. The van der Waals surface area contributed by atoms with E-state index in [1.54, 1.807) is 0 Å². The van der Waals surface area contributed by atoms with E-state index in [-0.39, 0.29) is 0 Å². The number of rotatable bonds is 19. The van der Waals surface area contributed by atoms with Crippen LogP contribution < -0.4 is 10.6 Å². The monoisotopic (exact) mass is 806 g/mol. The van der Waals surface area contributed by atoms with Crippen molar-refractivity contribution in [3.63, 3.8) is 0 Å². The number of hydrogen-bond acceptors (Lipinski definition) is 21. The standard InChI is InChI=1S/C31H54N2O22/c1-11-25(24(46)22(44)17(8-36)51-11)53-29-20(33-13(3)39)23(45)26(18(9-37)52-29)54-28(49-5-4-34)16(42)10-50-31(30(47)48)6-14(40)19(32-12(2)38)27(55-31)21(43)15(41)7-35/h11,14-29,34-37,40-46H,4-10H2,1-3H3,(H,32,38)(H,33,39)(H,47,48)/t11-,14?,15?,16?,17?,18?,19-,20?,21-,22-,23?,24?,25?,26-,27?,28+,29+,31-/m1/s1. The number of carboxylic acids is 1. The molecule has 0 radical (unpaired) electrons. The molecule has 2 amide bonds. The lowest BCUT2D eigenvalue weighted by atomic mass is 9.88. The van der Waals surface area contributed by atoms with Crippen molar-refractivity contribution < 1.29 is 109 Å². The maximum Gasteiger partial charge on any atom is 0.364 e. The number of carbonyl (C=O) groups is 3. The molecule has 24 heteroatoms. The van der Waals surface area contributed by atoms with Crippen molar-refractivity contribution in [1.82, 2.24) is 10.6 Å². The lowest BCUT2D eigenvalue weighted by Gasteiger charge is -2.48. The van der Waals surface area contributed by atoms with Crippen LogP contribution in [0.2, 0.25) is 0 Å². The molecule has 0 aromatic carbocycles. The number of nitrogens with one attached hydrogen (secondary N) is 2. The highest BCUT2D eigenvalue weighted by molar-refractivity contribution is 5.76. The summed E-state index contributed by atoms with van der Waals surface area (Å²) < 4.78 is 39.3. The molecule has 14 N–H and O–H groups in total. The molecular weight excluding hydrogens is 752 g/mol. The minimum absolute atomic E-state index is 0.532. The van der Waals surface area contributed by atoms with Crippen LogP contribution in [0, 0.1) is 0 Å². The molecule has 0 saturated carbocycles. The molecule has 3 heterocycles. The number of carbonyl (C=O) groups excluding carboxylic acids is 2. The molecule has 0 bridgehead atoms. The van der Waals surface area contributed by atoms with Gasteiger partial charge < -0.3 is 105 Å². The Kier molecular flexibility index (Phi) is 17.9. The maximum atomic E-state index is 12.6. The van der Waals surface area contributed by atoms with Crippen molar-refractivity contribution in [3.05, 3.63) is 0 Å². The molecule has 3 fully saturated rings. The molecular formula is C31H54N2O22. The average Bonchev–Trinajstić information content (AvgIpc) is 3.13. The first kappa shape index (κ1) is 47.1. The molecule has 0 spiro atoms. The van der Waals surface area contributed by atoms with Gasteiger partial charge >= 0.3 is 5.97 Å². The highest BCUT2D eigenvalue weighted by Gasteiger charge is 2.57. The summed E-state index contributed by atoms with van der Waals surface area (Å²) in [6, 6.07) is -3.04. The van der Waals surface area contributed by atoms with Gasteiger partial charge in [-0.25, -0.2) is 4.79 Å². The van der Waals surface area contributed by atoms with Gasteiger partial charge in [0.1, 0.15) is 73.2 Å². The third kappa shape index (κ3) is 11.4. The van der Waals surface area contributed by atoms with Crippen molar-refractivity contribution in [1.29, 1.82) is 0 Å². The Morgan fingerprint density at radius 3 is 2.00 bits per heavy atom. The van der Waals surface area contributed by atoms with Crippen LogP contribution >= 0.6 is 0 Å². The first-order valence-electron chi connectivity index (χ1n) is 17.4. The van der Waals surface area contributed by atoms with E-state index < -0.39 is 174 Å². The zero-order chi connectivity index (χ0) is 41.4. The summed E-state index contributed by atoms with van der Waals surface area (Å²) in [4.78, 5) is 36.6. The summed E-state index contributed by atoms with van der Waals surface area (Å²) in [5, 5.41) is 129. The summed E-state index contributed by atoms with van der Waals surface area (Å²) >= 11 is 0. The number of carboxylic acid groups (broad SMARTS) is 1. The first-order chi connectivity index (χ1) is 25.9. The second-order valence-electron chi connectivity index (χ2n) is 13.4. The van der Waals surface area contributed by atoms with Crippen LogP contribution in [0.25, 0.3) is 0 Å². The van der Waals surface area contributed by atoms with Crippen LogP contribution in [-0.2, 0) is 47.5 Å². The van der Waals surface area contributed by atoms with Gasteiger partial charge in [-0.3, -0.25) is 9.59 Å². The van der Waals surface area contributed by atoms with Gasteiger partial charge in [-0.05, 0) is 6.92 Å². The number of aliphatic hydroxyl groups is 11. The molecule has 18 atom stereocenters. The first-order valence-corrected chi connectivity index (χ1v) is 17.4. The average molecular weight is 807 g/mol. The van der Waals surface area contributed by atoms with Crippen molar-refractivity contribution in [2.24, 2.45) is 0 Å². The van der Waals surface area contributed by atoms with E-state index in [2.05, 4.69) is 10.6 Å². The van der Waals surface area contributed by atoms with E-state index in [9.17, 15) is 75.7 Å². The second-order valence-corrected chi connectivity index (χ2v) is 13.4. The Labute approximate surface area is 314 Å². The van der Waals surface area contributed by atoms with Gasteiger partial charge in [0.15, 0.2) is 12.6 Å². The lowest BCUT2D eigenvalue weighted by Crippen LogP contribution is -2.68. The molecule has 0 aromatic heterocycles. The summed E-state index contributed by atoms with van der Waals surface area (Å²) in [6.45, 7) is -1.24. The fourth-order valence-corrected chi connectivity index (χ4v) is 6.50. The molecule has 3 aliphatic rings. The fourth-order valence-electron chi connectivity index (χ4n) is 6.50. The Balaban J connectivity index is 1.86. The van der Waals surface area contributed by atoms with Gasteiger partial charge in [-0.2, -0.15) is 0 Å². The number of amides is 2. The van der Waals surface area contributed by atoms with Crippen LogP contribution in [0.15, 0.2) is 0 Å². The molecule has 10 unspecified atom stereocenters. The quantitative estimate of drug-likeness (QED) is 0.0539. The third-order valence-corrected chi connectivity index (χ3v) is 9.27. The fraction of sp³-hybridized carbons (Fsp3) is 0.903. The topological polar surface area (TPSA) is 383 Å². The Bertz CT molecular complexity index is 1240. The Hall–Kier alpha value is -2.31. The minimum Gasteiger partial charge on any atom is -0.477 e. The molecule has 3 saturated heterocycles. The molecule has 0 aliphatic carbocycles. The third-order valence-electron chi connectivity index (χ3n) is 9.27. The molecule has 24 nitrogen and oxygen atoms in total. The number of hydrogen-bond donors (Lipinski definition) is 14. The molecule has 320 valence electrons. The van der Waals surface area contributed by atoms with E-state index >= 15 is 0 Å². The van der Waals surface area contributed by atoms with E-state index in [1.807, 2.05) is 0 Å². The number of ether oxygens (including phenoxy) is 7. The maximum absolute atomic E-state index is 12.6. The van der Waals surface area contributed by atoms with Gasteiger partial charge in [0.25, 0.3) is 5.79 Å². The minimum atomic E-state index is -2.88. The van der Waals surface area contributed by atoms with Crippen LogP contribution in [0.3, 0.4) is 0 Å². The molecule has 55 heavy (non-hydrogen) atoms. The largest absolute Gasteiger partial charge is 0.477 e. The molecule has 0 aromatic rings. The Morgan fingerprint density at radius 2 is 1.45 bits per heavy atom. The van der Waals surface area contributed by atoms with Gasteiger partial charge in [-0.15, -0.1) is 0 Å². The second kappa shape index (κ2) is 20.9. The van der Waals surface area contributed by atoms with Gasteiger partial charge in [0, 0.05) is 20.3 Å². The van der Waals surface area contributed by atoms with E-state index in [4.69, 9.17) is 33.2 Å². The van der Waals surface area contributed by atoms with Gasteiger partial charge in [0.2, 0.25) is 11.8 Å². The van der Waals surface area contributed by atoms with Crippen molar-refractivity contribution in [2.75, 3.05) is 39.6 Å². The summed E-state index contributed by atoms with van der Waals surface area (Å²) in [6.07, 6.45) is -26.1. The van der Waals surface area contributed by atoms with Crippen molar-refractivity contribution >= 4 is 17.8 Å². The highest BCUT2D eigenvalue weighted by atomic mass is 16.8. The van der Waals surface area contributed by atoms with Crippen LogP contribution in [0.5, 0.6) is 0 Å². The lowest BCUT2D eigenvalue weighted by molar-refractivity contribution is -0.346. The predicted octanol–water partition coefficient (Wildman–Crippen LogP) is -8.30. The molecule has 3 aliphatic heterocycles. The normalized spacial score (nSPS) is 39.1. The van der Waals surface area contributed by atoms with E-state index in [0.717, 1.165) is 13.8 Å². The zero-order valence-electron chi connectivity index (χ0n) is 30.2. The summed E-state index contributed by atoms with van der Waals surface area (Å²) in [7, 11) is 0. The van der Waals surface area contributed by atoms with E-state index in [0.29, 0.717) is 0 Å². The SMILES string of the molecule is CC(=O)NC1C(O)[C@H](O[C@H](OCCO)C(O)CO[C@]2(C(=O)O)CC(O)[C@@H](NC(C)=O)C([C@H](O)C(O)CO)O2)C(CO)O[C@H]1OC1C(O)[C@H](O)C(CO)O[C@@H]1C. The van der Waals surface area contributed by atoms with Gasteiger partial charge in [0.05, 0.1) is 57.9 Å². The predicted molar refractivity (Wildman–Crippen MR) is 174 cm³/mol. The van der Waals surface area contributed by atoms with Crippen molar-refractivity contribution in [3.8, 4) is 0 Å². The van der Waals surface area contributed by atoms with Gasteiger partial charge in [-0.1, -0.05) is 0 Å². The van der Waals surface area contributed by atoms with Crippen LogP contribution in [0.1, 0.15) is 27.2 Å². The highest BCUT2D eigenvalue weighted by Crippen LogP contribution is 2.35. The van der Waals surface area contributed by atoms with Crippen LogP contribution in [0.4, 0.5) is 0 Å². The summed E-state index contributed by atoms with van der Waals surface area (Å²) in [5.41, 5.74) is 0. The smallest absolute Gasteiger partial charge is 0.364 e. The number of aliphatic carboxylic acids is 1. The molecule has 3 rings (SSSR count). The number of aliphatic hydroxyl groups excluding tert-OH is 11. The Morgan fingerprint density at radius 1 is 0.836 bits per heavy atom. The van der Waals surface area contributed by atoms with Crippen LogP contribution in [-0.4, -0.2) is 229 Å². The van der Waals surface area contributed by atoms with E-state index in [1.165, 1.54) is 6.92 Å². The van der Waals surface area contributed by atoms with Crippen molar-refractivity contribution in [2.45, 2.75) is 137 Å².